The van der Waals surface area contributed by atoms with Crippen LogP contribution in [0, 0.1) is 5.82 Å². The summed E-state index contributed by atoms with van der Waals surface area (Å²) in [5.74, 6) is -0.0883. The summed E-state index contributed by atoms with van der Waals surface area (Å²) in [4.78, 5) is 12.1. The predicted molar refractivity (Wildman–Crippen MR) is 117 cm³/mol. The fourth-order valence-electron chi connectivity index (χ4n) is 2.94. The van der Waals surface area contributed by atoms with Crippen LogP contribution in [0.1, 0.15) is 5.56 Å². The largest absolute Gasteiger partial charge is 0.468 e. The summed E-state index contributed by atoms with van der Waals surface area (Å²) in [7, 11) is 0. The number of halogens is 5. The second-order valence-corrected chi connectivity index (χ2v) is 6.50. The average Bonchev–Trinajstić information content (AvgIpc) is 2.71. The van der Waals surface area contributed by atoms with E-state index in [1.807, 2.05) is 4.90 Å². The summed E-state index contributed by atoms with van der Waals surface area (Å²) in [6.07, 6.45) is -3.09. The first kappa shape index (κ1) is 24.0. The molecule has 30 heavy (non-hydrogen) atoms. The van der Waals surface area contributed by atoms with Gasteiger partial charge >= 0.3 is 6.18 Å². The van der Waals surface area contributed by atoms with Crippen LogP contribution >= 0.6 is 24.0 Å². The van der Waals surface area contributed by atoms with Gasteiger partial charge in [-0.2, -0.15) is 13.2 Å². The lowest BCUT2D eigenvalue weighted by molar-refractivity contribution is -0.154. The Morgan fingerprint density at radius 2 is 1.77 bits per heavy atom. The summed E-state index contributed by atoms with van der Waals surface area (Å²) in [5, 5.41) is 0. The Labute approximate surface area is 188 Å². The minimum atomic E-state index is -4.44. The molecule has 0 saturated carbocycles. The van der Waals surface area contributed by atoms with Crippen molar-refractivity contribution in [3.05, 3.63) is 54.0 Å². The number of guanidine groups is 1. The molecule has 2 heterocycles. The van der Waals surface area contributed by atoms with Crippen LogP contribution in [-0.4, -0.2) is 54.8 Å². The maximum atomic E-state index is 13.1. The summed E-state index contributed by atoms with van der Waals surface area (Å²) < 4.78 is 54.9. The number of aliphatic imine (C=N–C) groups is 1. The van der Waals surface area contributed by atoms with Gasteiger partial charge in [0.2, 0.25) is 5.88 Å². The molecule has 1 aromatic heterocycles. The smallest absolute Gasteiger partial charge is 0.422 e. The molecular weight excluding hydrogens is 517 g/mol. The van der Waals surface area contributed by atoms with Crippen molar-refractivity contribution in [2.45, 2.75) is 12.7 Å². The zero-order chi connectivity index (χ0) is 20.9. The van der Waals surface area contributed by atoms with Crippen LogP contribution in [0.15, 0.2) is 47.6 Å². The number of nitrogens with zero attached hydrogens (tertiary/aromatic N) is 4. The number of hydrogen-bond acceptors (Lipinski definition) is 4. The standard InChI is InChI=1S/C19H21F4N5O.HI/c20-15-3-5-16(6-4-15)27-8-10-28(11-9-27)18(24)26-12-14-2-1-7-25-17(14)29-13-19(21,22)23;/h1-7H,8-13H2,(H2,24,26);1H. The quantitative estimate of drug-likeness (QED) is 0.273. The van der Waals surface area contributed by atoms with E-state index in [4.69, 9.17) is 10.5 Å². The molecule has 6 nitrogen and oxygen atoms in total. The number of anilines is 1. The molecule has 0 amide bonds. The number of alkyl halides is 3. The monoisotopic (exact) mass is 539 g/mol. The van der Waals surface area contributed by atoms with Crippen LogP contribution in [0.2, 0.25) is 0 Å². The zero-order valence-electron chi connectivity index (χ0n) is 16.0. The Morgan fingerprint density at radius 1 is 1.10 bits per heavy atom. The highest BCUT2D eigenvalue weighted by Gasteiger charge is 2.29. The van der Waals surface area contributed by atoms with Gasteiger partial charge in [0.05, 0.1) is 6.54 Å². The number of hydrogen-bond donors (Lipinski definition) is 1. The fourth-order valence-corrected chi connectivity index (χ4v) is 2.94. The first-order valence-electron chi connectivity index (χ1n) is 9.00. The Bertz CT molecular complexity index is 840. The van der Waals surface area contributed by atoms with Crippen LogP contribution in [0.3, 0.4) is 0 Å². The van der Waals surface area contributed by atoms with Crippen molar-refractivity contribution in [3.8, 4) is 5.88 Å². The number of nitrogens with two attached hydrogens (primary N) is 1. The number of rotatable bonds is 5. The molecule has 2 aromatic rings. The average molecular weight is 539 g/mol. The van der Waals surface area contributed by atoms with Crippen LogP contribution < -0.4 is 15.4 Å². The topological polar surface area (TPSA) is 67.0 Å². The Balaban J connectivity index is 0.00000320. The molecule has 1 saturated heterocycles. The zero-order valence-corrected chi connectivity index (χ0v) is 18.3. The number of pyridine rings is 1. The van der Waals surface area contributed by atoms with Crippen LogP contribution in [0.25, 0.3) is 0 Å². The molecule has 0 spiro atoms. The molecule has 1 aliphatic heterocycles. The van der Waals surface area contributed by atoms with Crippen molar-refractivity contribution in [1.29, 1.82) is 0 Å². The van der Waals surface area contributed by atoms with Crippen LogP contribution in [0.5, 0.6) is 5.88 Å². The van der Waals surface area contributed by atoms with E-state index in [0.29, 0.717) is 37.7 Å². The molecule has 0 bridgehead atoms. The molecule has 11 heteroatoms. The van der Waals surface area contributed by atoms with Gasteiger partial charge < -0.3 is 20.3 Å². The van der Waals surface area contributed by atoms with Crippen LogP contribution in [-0.2, 0) is 6.54 Å². The first-order chi connectivity index (χ1) is 13.8. The van der Waals surface area contributed by atoms with Gasteiger partial charge in [0, 0.05) is 43.6 Å². The number of ether oxygens (including phenoxy) is 1. The second kappa shape index (κ2) is 10.6. The van der Waals surface area contributed by atoms with Crippen molar-refractivity contribution in [2.75, 3.05) is 37.7 Å². The third-order valence-electron chi connectivity index (χ3n) is 4.43. The van der Waals surface area contributed by atoms with E-state index in [1.165, 1.54) is 18.3 Å². The van der Waals surface area contributed by atoms with E-state index in [-0.39, 0.29) is 42.2 Å². The lowest BCUT2D eigenvalue weighted by Gasteiger charge is -2.36. The van der Waals surface area contributed by atoms with Crippen molar-refractivity contribution < 1.29 is 22.3 Å². The van der Waals surface area contributed by atoms with Crippen molar-refractivity contribution >= 4 is 35.6 Å². The van der Waals surface area contributed by atoms with E-state index >= 15 is 0 Å². The second-order valence-electron chi connectivity index (χ2n) is 6.50. The maximum absolute atomic E-state index is 13.1. The molecule has 0 unspecified atom stereocenters. The molecule has 1 aliphatic rings. The molecule has 2 N–H and O–H groups in total. The van der Waals surface area contributed by atoms with E-state index in [9.17, 15) is 17.6 Å². The third-order valence-corrected chi connectivity index (χ3v) is 4.43. The number of aromatic nitrogens is 1. The van der Waals surface area contributed by atoms with Gasteiger partial charge in [-0.25, -0.2) is 14.4 Å². The normalized spacial score (nSPS) is 15.0. The molecule has 1 aromatic carbocycles. The summed E-state index contributed by atoms with van der Waals surface area (Å²) in [6.45, 7) is 1.27. The molecule has 0 aliphatic carbocycles. The highest BCUT2D eigenvalue weighted by atomic mass is 127. The first-order valence-corrected chi connectivity index (χ1v) is 9.00. The van der Waals surface area contributed by atoms with Gasteiger partial charge in [0.1, 0.15) is 5.82 Å². The predicted octanol–water partition coefficient (Wildman–Crippen LogP) is 3.42. The minimum Gasteiger partial charge on any atom is -0.468 e. The third kappa shape index (κ3) is 6.89. The lowest BCUT2D eigenvalue weighted by atomic mass is 10.2. The molecule has 3 rings (SSSR count). The molecule has 0 atom stereocenters. The Kier molecular flexibility index (Phi) is 8.50. The number of benzene rings is 1. The number of piperazine rings is 1. The van der Waals surface area contributed by atoms with Gasteiger partial charge in [-0.05, 0) is 30.3 Å². The summed E-state index contributed by atoms with van der Waals surface area (Å²) in [5.41, 5.74) is 7.41. The summed E-state index contributed by atoms with van der Waals surface area (Å²) in [6, 6.07) is 9.50. The van der Waals surface area contributed by atoms with E-state index in [0.717, 1.165) is 5.69 Å². The molecule has 1 fully saturated rings. The Morgan fingerprint density at radius 3 is 2.40 bits per heavy atom. The highest BCUT2D eigenvalue weighted by molar-refractivity contribution is 14.0. The van der Waals surface area contributed by atoms with Gasteiger partial charge in [-0.15, -0.1) is 24.0 Å². The van der Waals surface area contributed by atoms with Gasteiger partial charge in [-0.1, -0.05) is 6.07 Å². The lowest BCUT2D eigenvalue weighted by Crippen LogP contribution is -2.51. The van der Waals surface area contributed by atoms with Crippen molar-refractivity contribution in [3.63, 3.8) is 0 Å². The minimum absolute atomic E-state index is 0. The van der Waals surface area contributed by atoms with E-state index in [1.54, 1.807) is 24.3 Å². The van der Waals surface area contributed by atoms with E-state index in [2.05, 4.69) is 14.9 Å². The SMILES string of the molecule is I.NC(=NCc1cccnc1OCC(F)(F)F)N1CCN(c2ccc(F)cc2)CC1. The fraction of sp³-hybridized carbons (Fsp3) is 0.368. The highest BCUT2D eigenvalue weighted by Crippen LogP contribution is 2.21. The molecule has 0 radical (unpaired) electrons. The van der Waals surface area contributed by atoms with Gasteiger partial charge in [-0.3, -0.25) is 0 Å². The summed E-state index contributed by atoms with van der Waals surface area (Å²) >= 11 is 0. The van der Waals surface area contributed by atoms with E-state index < -0.39 is 12.8 Å². The molecular formula is C19H22F4IN5O. The van der Waals surface area contributed by atoms with Crippen molar-refractivity contribution in [2.24, 2.45) is 10.7 Å². The van der Waals surface area contributed by atoms with Crippen molar-refractivity contribution in [1.82, 2.24) is 9.88 Å². The maximum Gasteiger partial charge on any atom is 0.422 e. The Hall–Kier alpha value is -2.31. The van der Waals surface area contributed by atoms with Gasteiger partial charge in [0.25, 0.3) is 0 Å². The van der Waals surface area contributed by atoms with Crippen LogP contribution in [0.4, 0.5) is 23.2 Å². The molecule has 164 valence electrons. The van der Waals surface area contributed by atoms with Gasteiger partial charge in [0.15, 0.2) is 12.6 Å².